The Kier molecular flexibility index (Phi) is 6.05. The summed E-state index contributed by atoms with van der Waals surface area (Å²) in [4.78, 5) is 12.2. The minimum atomic E-state index is -0.678. The Morgan fingerprint density at radius 2 is 1.92 bits per heavy atom. The van der Waals surface area contributed by atoms with Crippen molar-refractivity contribution >= 4 is 16.7 Å². The molecule has 25 heavy (non-hydrogen) atoms. The molecule has 0 aromatic heterocycles. The lowest BCUT2D eigenvalue weighted by Crippen LogP contribution is -2.34. The van der Waals surface area contributed by atoms with Gasteiger partial charge in [0.1, 0.15) is 0 Å². The highest BCUT2D eigenvalue weighted by Gasteiger charge is 2.22. The van der Waals surface area contributed by atoms with Crippen LogP contribution in [0.4, 0.5) is 0 Å². The molecular formula is C21H28N2O2. The molecular weight excluding hydrogens is 312 g/mol. The Balaban J connectivity index is 1.50. The third-order valence-electron chi connectivity index (χ3n) is 5.35. The molecule has 2 unspecified atom stereocenters. The molecule has 2 atom stereocenters. The number of carbonyl (C=O) groups excluding carboxylic acids is 1. The van der Waals surface area contributed by atoms with Gasteiger partial charge >= 0.3 is 0 Å². The van der Waals surface area contributed by atoms with E-state index in [4.69, 9.17) is 0 Å². The zero-order chi connectivity index (χ0) is 17.6. The predicted molar refractivity (Wildman–Crippen MR) is 101 cm³/mol. The summed E-state index contributed by atoms with van der Waals surface area (Å²) in [5.74, 6) is 1.04. The topological polar surface area (TPSA) is 61.4 Å². The quantitative estimate of drug-likeness (QED) is 0.757. The number of nitrogens with one attached hydrogen (secondary N) is 2. The van der Waals surface area contributed by atoms with Gasteiger partial charge in [0.2, 0.25) is 5.91 Å². The van der Waals surface area contributed by atoms with Gasteiger partial charge in [0.15, 0.2) is 0 Å². The molecule has 0 radical (unpaired) electrons. The standard InChI is InChI=1S/C21H28N2O2/c1-15(16-8-10-22-11-9-16)12-21(25)23-14-20(24)19-7-6-17-4-2-3-5-18(17)13-19/h2-7,13,15-16,20,22,24H,8-12,14H2,1H3,(H,23,25). The average Bonchev–Trinajstić information content (AvgIpc) is 2.66. The molecule has 4 heteroatoms. The zero-order valence-electron chi connectivity index (χ0n) is 14.9. The molecule has 1 aliphatic heterocycles. The molecule has 134 valence electrons. The Bertz CT molecular complexity index is 710. The number of carbonyl (C=O) groups is 1. The van der Waals surface area contributed by atoms with Crippen LogP contribution in [-0.4, -0.2) is 30.6 Å². The maximum absolute atomic E-state index is 12.2. The minimum absolute atomic E-state index is 0.0332. The normalized spacial score (nSPS) is 18.0. The van der Waals surface area contributed by atoms with E-state index in [1.807, 2.05) is 36.4 Å². The van der Waals surface area contributed by atoms with Gasteiger partial charge in [-0.05, 0) is 60.2 Å². The molecule has 0 aliphatic carbocycles. The predicted octanol–water partition coefficient (Wildman–Crippen LogP) is 3.02. The van der Waals surface area contributed by atoms with Gasteiger partial charge in [0.25, 0.3) is 0 Å². The molecule has 2 aromatic carbocycles. The maximum Gasteiger partial charge on any atom is 0.220 e. The Morgan fingerprint density at radius 1 is 1.20 bits per heavy atom. The van der Waals surface area contributed by atoms with Gasteiger partial charge in [-0.2, -0.15) is 0 Å². The molecule has 0 spiro atoms. The van der Waals surface area contributed by atoms with Gasteiger partial charge in [-0.1, -0.05) is 43.3 Å². The van der Waals surface area contributed by atoms with E-state index in [0.717, 1.165) is 42.3 Å². The fourth-order valence-electron chi connectivity index (χ4n) is 3.69. The van der Waals surface area contributed by atoms with Crippen LogP contribution in [0.15, 0.2) is 42.5 Å². The second kappa shape index (κ2) is 8.45. The number of amides is 1. The van der Waals surface area contributed by atoms with Crippen molar-refractivity contribution in [3.05, 3.63) is 48.0 Å². The summed E-state index contributed by atoms with van der Waals surface area (Å²) in [6.07, 6.45) is 2.15. The van der Waals surface area contributed by atoms with Gasteiger partial charge < -0.3 is 15.7 Å². The summed E-state index contributed by atoms with van der Waals surface area (Å²) < 4.78 is 0. The highest BCUT2D eigenvalue weighted by atomic mass is 16.3. The average molecular weight is 340 g/mol. The van der Waals surface area contributed by atoms with Crippen molar-refractivity contribution in [1.29, 1.82) is 0 Å². The summed E-state index contributed by atoms with van der Waals surface area (Å²) >= 11 is 0. The van der Waals surface area contributed by atoms with E-state index < -0.39 is 6.10 Å². The minimum Gasteiger partial charge on any atom is -0.387 e. The number of hydrogen-bond donors (Lipinski definition) is 3. The third-order valence-corrected chi connectivity index (χ3v) is 5.35. The van der Waals surface area contributed by atoms with Crippen molar-refractivity contribution in [2.24, 2.45) is 11.8 Å². The van der Waals surface area contributed by atoms with Gasteiger partial charge in [-0.25, -0.2) is 0 Å². The Labute approximate surface area is 149 Å². The van der Waals surface area contributed by atoms with Crippen LogP contribution in [0.1, 0.15) is 37.9 Å². The van der Waals surface area contributed by atoms with Crippen LogP contribution in [0, 0.1) is 11.8 Å². The van der Waals surface area contributed by atoms with Gasteiger partial charge in [0, 0.05) is 13.0 Å². The van der Waals surface area contributed by atoms with Crippen LogP contribution < -0.4 is 10.6 Å². The number of fused-ring (bicyclic) bond motifs is 1. The fourth-order valence-corrected chi connectivity index (χ4v) is 3.69. The lowest BCUT2D eigenvalue weighted by atomic mass is 9.84. The molecule has 2 aromatic rings. The second-order valence-electron chi connectivity index (χ2n) is 7.20. The first-order chi connectivity index (χ1) is 12.1. The monoisotopic (exact) mass is 340 g/mol. The molecule has 4 nitrogen and oxygen atoms in total. The summed E-state index contributed by atoms with van der Waals surface area (Å²) in [5.41, 5.74) is 0.838. The van der Waals surface area contributed by atoms with Crippen LogP contribution in [0.25, 0.3) is 10.8 Å². The van der Waals surface area contributed by atoms with Crippen molar-refractivity contribution in [1.82, 2.24) is 10.6 Å². The van der Waals surface area contributed by atoms with Gasteiger partial charge in [-0.3, -0.25) is 4.79 Å². The van der Waals surface area contributed by atoms with Crippen molar-refractivity contribution in [2.75, 3.05) is 19.6 Å². The second-order valence-corrected chi connectivity index (χ2v) is 7.20. The first-order valence-electron chi connectivity index (χ1n) is 9.27. The van der Waals surface area contributed by atoms with E-state index in [1.54, 1.807) is 0 Å². The van der Waals surface area contributed by atoms with Crippen molar-refractivity contribution in [3.8, 4) is 0 Å². The van der Waals surface area contributed by atoms with E-state index in [0.29, 0.717) is 18.3 Å². The molecule has 1 heterocycles. The number of piperidine rings is 1. The van der Waals surface area contributed by atoms with E-state index in [9.17, 15) is 9.90 Å². The summed E-state index contributed by atoms with van der Waals surface area (Å²) in [5, 5.41) is 18.9. The van der Waals surface area contributed by atoms with Crippen LogP contribution in [0.5, 0.6) is 0 Å². The van der Waals surface area contributed by atoms with Gasteiger partial charge in [0.05, 0.1) is 6.10 Å². The maximum atomic E-state index is 12.2. The molecule has 1 saturated heterocycles. The van der Waals surface area contributed by atoms with E-state index in [-0.39, 0.29) is 12.5 Å². The summed E-state index contributed by atoms with van der Waals surface area (Å²) in [6.45, 7) is 4.53. The highest BCUT2D eigenvalue weighted by molar-refractivity contribution is 5.83. The molecule has 0 saturated carbocycles. The molecule has 3 N–H and O–H groups in total. The number of hydrogen-bond acceptors (Lipinski definition) is 3. The number of benzene rings is 2. The van der Waals surface area contributed by atoms with Crippen LogP contribution >= 0.6 is 0 Å². The van der Waals surface area contributed by atoms with Crippen LogP contribution in [-0.2, 0) is 4.79 Å². The lowest BCUT2D eigenvalue weighted by Gasteiger charge is -2.28. The summed E-state index contributed by atoms with van der Waals surface area (Å²) in [7, 11) is 0. The van der Waals surface area contributed by atoms with E-state index in [1.165, 1.54) is 0 Å². The largest absolute Gasteiger partial charge is 0.387 e. The lowest BCUT2D eigenvalue weighted by molar-refractivity contribution is -0.122. The SMILES string of the molecule is CC(CC(=O)NCC(O)c1ccc2ccccc2c1)C1CCNCC1. The first kappa shape index (κ1) is 17.9. The van der Waals surface area contributed by atoms with E-state index >= 15 is 0 Å². The Morgan fingerprint density at radius 3 is 2.68 bits per heavy atom. The van der Waals surface area contributed by atoms with Crippen LogP contribution in [0.2, 0.25) is 0 Å². The molecule has 1 aliphatic rings. The Hall–Kier alpha value is -1.91. The highest BCUT2D eigenvalue weighted by Crippen LogP contribution is 2.24. The molecule has 1 amide bonds. The van der Waals surface area contributed by atoms with Gasteiger partial charge in [-0.15, -0.1) is 0 Å². The fraction of sp³-hybridized carbons (Fsp3) is 0.476. The van der Waals surface area contributed by atoms with E-state index in [2.05, 4.69) is 23.6 Å². The first-order valence-corrected chi connectivity index (χ1v) is 9.27. The number of aliphatic hydroxyl groups is 1. The molecule has 1 fully saturated rings. The van der Waals surface area contributed by atoms with Crippen LogP contribution in [0.3, 0.4) is 0 Å². The third kappa shape index (κ3) is 4.80. The van der Waals surface area contributed by atoms with Crippen molar-refractivity contribution < 1.29 is 9.90 Å². The molecule has 3 rings (SSSR count). The summed E-state index contributed by atoms with van der Waals surface area (Å²) in [6, 6.07) is 14.0. The smallest absolute Gasteiger partial charge is 0.220 e. The number of rotatable bonds is 6. The molecule has 0 bridgehead atoms. The van der Waals surface area contributed by atoms with Crippen molar-refractivity contribution in [2.45, 2.75) is 32.3 Å². The van der Waals surface area contributed by atoms with Crippen molar-refractivity contribution in [3.63, 3.8) is 0 Å². The number of aliphatic hydroxyl groups excluding tert-OH is 1. The zero-order valence-corrected chi connectivity index (χ0v) is 14.9.